The lowest BCUT2D eigenvalue weighted by atomic mass is 10.0. The molecule has 0 saturated carbocycles. The number of rotatable bonds is 10. The lowest BCUT2D eigenvalue weighted by Crippen LogP contribution is -2.44. The van der Waals surface area contributed by atoms with Crippen LogP contribution in [0, 0.1) is 0 Å². The summed E-state index contributed by atoms with van der Waals surface area (Å²) >= 11 is 0. The van der Waals surface area contributed by atoms with Crippen LogP contribution in [0.15, 0.2) is 0 Å². The molecule has 0 aromatic heterocycles. The molecule has 0 aliphatic rings. The van der Waals surface area contributed by atoms with Crippen molar-refractivity contribution < 1.29 is 20.1 Å². The molecule has 0 aliphatic heterocycles. The fourth-order valence-corrected chi connectivity index (χ4v) is 1.49. The number of aliphatic hydroxyl groups is 3. The molecule has 3 unspecified atom stereocenters. The van der Waals surface area contributed by atoms with Gasteiger partial charge in [0.2, 0.25) is 0 Å². The Labute approximate surface area is 104 Å². The molecule has 0 aromatic carbocycles. The van der Waals surface area contributed by atoms with Crippen LogP contribution < -0.4 is 5.32 Å². The van der Waals surface area contributed by atoms with Crippen molar-refractivity contribution in [2.24, 2.45) is 0 Å². The number of nitrogens with one attached hydrogen (secondary N) is 1. The van der Waals surface area contributed by atoms with Crippen LogP contribution in [0.3, 0.4) is 0 Å². The third-order valence-corrected chi connectivity index (χ3v) is 2.92. The van der Waals surface area contributed by atoms with E-state index < -0.39 is 24.4 Å². The number of hydrogen-bond donors (Lipinski definition) is 4. The average Bonchev–Trinajstić information content (AvgIpc) is 2.35. The Bertz CT molecular complexity index is 180. The van der Waals surface area contributed by atoms with Crippen molar-refractivity contribution in [2.45, 2.75) is 57.5 Å². The second-order valence-corrected chi connectivity index (χ2v) is 4.38. The van der Waals surface area contributed by atoms with Crippen molar-refractivity contribution in [3.8, 4) is 0 Å². The Balaban J connectivity index is 3.76. The molecule has 0 fully saturated rings. The topological polar surface area (TPSA) is 82.0 Å². The normalized spacial score (nSPS) is 18.7. The van der Waals surface area contributed by atoms with Crippen molar-refractivity contribution in [1.82, 2.24) is 5.32 Å². The van der Waals surface area contributed by atoms with Crippen molar-refractivity contribution >= 4 is 0 Å². The molecule has 0 heterocycles. The van der Waals surface area contributed by atoms with E-state index in [4.69, 9.17) is 4.74 Å². The van der Waals surface area contributed by atoms with Gasteiger partial charge >= 0.3 is 0 Å². The summed E-state index contributed by atoms with van der Waals surface area (Å²) < 4.78 is 4.90. The minimum atomic E-state index is -1.17. The van der Waals surface area contributed by atoms with E-state index in [2.05, 4.69) is 12.2 Å². The van der Waals surface area contributed by atoms with Crippen LogP contribution in [0.5, 0.6) is 0 Å². The Hall–Kier alpha value is -0.200. The van der Waals surface area contributed by atoms with E-state index in [0.717, 1.165) is 19.4 Å². The quantitative estimate of drug-likeness (QED) is 0.406. The predicted octanol–water partition coefficient (Wildman–Crippen LogP) is -0.116. The van der Waals surface area contributed by atoms with E-state index in [1.165, 1.54) is 7.11 Å². The summed E-state index contributed by atoms with van der Waals surface area (Å²) in [6, 6.07) is 0. The highest BCUT2D eigenvalue weighted by Gasteiger charge is 2.28. The SMILES string of the molecule is CCCCNCC[C@@H](O)C(O)C(O)C(C)OC. The van der Waals surface area contributed by atoms with Gasteiger partial charge in [0.25, 0.3) is 0 Å². The first-order chi connectivity index (χ1) is 8.04. The maximum absolute atomic E-state index is 9.68. The molecule has 4 N–H and O–H groups in total. The summed E-state index contributed by atoms with van der Waals surface area (Å²) in [6.45, 7) is 5.31. The molecule has 0 saturated heterocycles. The van der Waals surface area contributed by atoms with Gasteiger partial charge in [-0.15, -0.1) is 0 Å². The summed E-state index contributed by atoms with van der Waals surface area (Å²) in [7, 11) is 1.46. The molecule has 0 rings (SSSR count). The summed E-state index contributed by atoms with van der Waals surface area (Å²) in [6.07, 6.45) is -1.02. The van der Waals surface area contributed by atoms with Gasteiger partial charge in [0.1, 0.15) is 12.2 Å². The Kier molecular flexibility index (Phi) is 9.68. The number of unbranched alkanes of at least 4 members (excludes halogenated alkanes) is 1. The molecular formula is C12H27NO4. The second kappa shape index (κ2) is 9.79. The Morgan fingerprint density at radius 2 is 1.76 bits per heavy atom. The lowest BCUT2D eigenvalue weighted by Gasteiger charge is -2.26. The largest absolute Gasteiger partial charge is 0.390 e. The van der Waals surface area contributed by atoms with E-state index in [9.17, 15) is 15.3 Å². The van der Waals surface area contributed by atoms with Crippen molar-refractivity contribution in [3.63, 3.8) is 0 Å². The van der Waals surface area contributed by atoms with Crippen molar-refractivity contribution in [3.05, 3.63) is 0 Å². The van der Waals surface area contributed by atoms with Gasteiger partial charge in [-0.3, -0.25) is 0 Å². The first kappa shape index (κ1) is 16.8. The monoisotopic (exact) mass is 249 g/mol. The minimum absolute atomic E-state index is 0.415. The summed E-state index contributed by atoms with van der Waals surface area (Å²) in [5.74, 6) is 0. The molecule has 5 heteroatoms. The lowest BCUT2D eigenvalue weighted by molar-refractivity contribution is -0.110. The Morgan fingerprint density at radius 3 is 2.29 bits per heavy atom. The highest BCUT2D eigenvalue weighted by Crippen LogP contribution is 2.09. The molecule has 17 heavy (non-hydrogen) atoms. The van der Waals surface area contributed by atoms with E-state index in [-0.39, 0.29) is 0 Å². The summed E-state index contributed by atoms with van der Waals surface area (Å²) in [5, 5.41) is 32.2. The van der Waals surface area contributed by atoms with Crippen LogP contribution in [0.4, 0.5) is 0 Å². The zero-order valence-corrected chi connectivity index (χ0v) is 11.1. The maximum atomic E-state index is 9.68. The van der Waals surface area contributed by atoms with Crippen LogP contribution >= 0.6 is 0 Å². The number of ether oxygens (including phenoxy) is 1. The van der Waals surface area contributed by atoms with Crippen molar-refractivity contribution in [1.29, 1.82) is 0 Å². The number of hydrogen-bond acceptors (Lipinski definition) is 5. The maximum Gasteiger partial charge on any atom is 0.108 e. The number of aliphatic hydroxyl groups excluding tert-OH is 3. The molecule has 104 valence electrons. The van der Waals surface area contributed by atoms with Crippen LogP contribution in [0.2, 0.25) is 0 Å². The third kappa shape index (κ3) is 6.95. The van der Waals surface area contributed by atoms with Gasteiger partial charge in [-0.1, -0.05) is 13.3 Å². The fraction of sp³-hybridized carbons (Fsp3) is 1.00. The Morgan fingerprint density at radius 1 is 1.12 bits per heavy atom. The minimum Gasteiger partial charge on any atom is -0.390 e. The highest BCUT2D eigenvalue weighted by molar-refractivity contribution is 4.79. The highest BCUT2D eigenvalue weighted by atomic mass is 16.5. The standard InChI is InChI=1S/C12H27NO4/c1-4-5-7-13-8-6-10(14)12(16)11(15)9(2)17-3/h9-16H,4-8H2,1-3H3/t9?,10-,11?,12?/m1/s1. The molecular weight excluding hydrogens is 222 g/mol. The van der Waals surface area contributed by atoms with E-state index in [1.54, 1.807) is 6.92 Å². The molecule has 0 spiro atoms. The molecule has 0 bridgehead atoms. The van der Waals surface area contributed by atoms with Crippen LogP contribution in [0.25, 0.3) is 0 Å². The van der Waals surface area contributed by atoms with Gasteiger partial charge in [0.05, 0.1) is 12.2 Å². The second-order valence-electron chi connectivity index (χ2n) is 4.38. The summed E-state index contributed by atoms with van der Waals surface area (Å²) in [5.41, 5.74) is 0. The first-order valence-corrected chi connectivity index (χ1v) is 6.32. The van der Waals surface area contributed by atoms with Gasteiger partial charge in [-0.25, -0.2) is 0 Å². The van der Waals surface area contributed by atoms with Crippen LogP contribution in [0.1, 0.15) is 33.1 Å². The van der Waals surface area contributed by atoms with E-state index in [1.807, 2.05) is 0 Å². The molecule has 4 atom stereocenters. The van der Waals surface area contributed by atoms with E-state index >= 15 is 0 Å². The fourth-order valence-electron chi connectivity index (χ4n) is 1.49. The first-order valence-electron chi connectivity index (χ1n) is 6.32. The molecule has 0 radical (unpaired) electrons. The van der Waals surface area contributed by atoms with Gasteiger partial charge in [0.15, 0.2) is 0 Å². The number of methoxy groups -OCH3 is 1. The third-order valence-electron chi connectivity index (χ3n) is 2.92. The predicted molar refractivity (Wildman–Crippen MR) is 66.9 cm³/mol. The zero-order chi connectivity index (χ0) is 13.3. The molecule has 0 aliphatic carbocycles. The molecule has 0 aromatic rings. The smallest absolute Gasteiger partial charge is 0.108 e. The van der Waals surface area contributed by atoms with Gasteiger partial charge in [-0.2, -0.15) is 0 Å². The van der Waals surface area contributed by atoms with Crippen LogP contribution in [-0.4, -0.2) is 59.9 Å². The molecule has 0 amide bonds. The van der Waals surface area contributed by atoms with Crippen LogP contribution in [-0.2, 0) is 4.74 Å². The average molecular weight is 249 g/mol. The summed E-state index contributed by atoms with van der Waals surface area (Å²) in [4.78, 5) is 0. The molecule has 5 nitrogen and oxygen atoms in total. The van der Waals surface area contributed by atoms with Gasteiger partial charge < -0.3 is 25.4 Å². The van der Waals surface area contributed by atoms with Crippen molar-refractivity contribution in [2.75, 3.05) is 20.2 Å². The van der Waals surface area contributed by atoms with E-state index in [0.29, 0.717) is 13.0 Å². The van der Waals surface area contributed by atoms with Gasteiger partial charge in [0, 0.05) is 7.11 Å². The zero-order valence-electron chi connectivity index (χ0n) is 11.1. The van der Waals surface area contributed by atoms with Gasteiger partial charge in [-0.05, 0) is 32.9 Å².